The van der Waals surface area contributed by atoms with E-state index in [1.165, 1.54) is 5.56 Å². The summed E-state index contributed by atoms with van der Waals surface area (Å²) in [5, 5.41) is 5.01. The summed E-state index contributed by atoms with van der Waals surface area (Å²) in [6.45, 7) is 2.15. The summed E-state index contributed by atoms with van der Waals surface area (Å²) in [7, 11) is -4.03. The van der Waals surface area contributed by atoms with Crippen molar-refractivity contribution in [1.29, 1.82) is 0 Å². The molecule has 3 aliphatic carbocycles. The fourth-order valence-corrected chi connectivity index (χ4v) is 6.58. The lowest BCUT2D eigenvalue weighted by Gasteiger charge is -2.48. The lowest BCUT2D eigenvalue weighted by molar-refractivity contribution is -0.127. The third kappa shape index (κ3) is 3.59. The smallest absolute Gasteiger partial charge is 0.371 e. The van der Waals surface area contributed by atoms with E-state index in [4.69, 9.17) is 9.32 Å². The van der Waals surface area contributed by atoms with Crippen LogP contribution in [0.1, 0.15) is 55.2 Å². The third-order valence-electron chi connectivity index (χ3n) is 7.60. The van der Waals surface area contributed by atoms with Gasteiger partial charge in [-0.3, -0.25) is 9.78 Å². The molecule has 1 aromatic heterocycles. The van der Waals surface area contributed by atoms with E-state index >= 15 is 0 Å². The third-order valence-corrected chi connectivity index (χ3v) is 8.02. The van der Waals surface area contributed by atoms with Crippen molar-refractivity contribution in [2.45, 2.75) is 44.9 Å². The van der Waals surface area contributed by atoms with Gasteiger partial charge in [-0.1, -0.05) is 13.0 Å². The summed E-state index contributed by atoms with van der Waals surface area (Å²) < 4.78 is 27.4. The molecule has 5 rings (SSSR count). The van der Waals surface area contributed by atoms with Gasteiger partial charge in [0.2, 0.25) is 0 Å². The lowest BCUT2D eigenvalue weighted by Crippen LogP contribution is -2.42. The lowest BCUT2D eigenvalue weighted by atomic mass is 9.55. The summed E-state index contributed by atoms with van der Waals surface area (Å²) in [4.78, 5) is 17.5. The van der Waals surface area contributed by atoms with Gasteiger partial charge in [0.15, 0.2) is 5.78 Å². The average molecular weight is 439 g/mol. The molecule has 162 valence electrons. The summed E-state index contributed by atoms with van der Waals surface area (Å²) in [6.07, 6.45) is 10.0. The molecule has 2 aromatic rings. The van der Waals surface area contributed by atoms with Crippen LogP contribution in [0.15, 0.2) is 48.3 Å². The second-order valence-corrected chi connectivity index (χ2v) is 10.4. The van der Waals surface area contributed by atoms with Crippen LogP contribution in [0.5, 0.6) is 5.75 Å². The van der Waals surface area contributed by atoms with E-state index in [2.05, 4.69) is 11.9 Å². The molecule has 6 nitrogen and oxygen atoms in total. The van der Waals surface area contributed by atoms with Crippen molar-refractivity contribution in [3.8, 4) is 5.75 Å². The van der Waals surface area contributed by atoms with Crippen molar-refractivity contribution in [3.05, 3.63) is 65.0 Å². The van der Waals surface area contributed by atoms with Crippen LogP contribution >= 0.6 is 0 Å². The van der Waals surface area contributed by atoms with Gasteiger partial charge < -0.3 is 4.18 Å². The number of carbonyl (C=O) groups is 1. The number of hydrogen-bond acceptors (Lipinski definition) is 5. The van der Waals surface area contributed by atoms with Crippen molar-refractivity contribution >= 4 is 22.2 Å². The highest BCUT2D eigenvalue weighted by atomic mass is 32.2. The predicted octanol–water partition coefficient (Wildman–Crippen LogP) is 3.78. The molecule has 4 atom stereocenters. The quantitative estimate of drug-likeness (QED) is 0.735. The van der Waals surface area contributed by atoms with E-state index in [-0.39, 0.29) is 11.2 Å². The van der Waals surface area contributed by atoms with Crippen molar-refractivity contribution < 1.29 is 17.4 Å². The van der Waals surface area contributed by atoms with Crippen molar-refractivity contribution in [2.75, 3.05) is 0 Å². The zero-order valence-corrected chi connectivity index (χ0v) is 18.3. The second kappa shape index (κ2) is 7.28. The van der Waals surface area contributed by atoms with Gasteiger partial charge in [0, 0.05) is 17.8 Å². The van der Waals surface area contributed by atoms with Crippen LogP contribution in [-0.4, -0.2) is 19.2 Å². The maximum atomic E-state index is 13.4. The van der Waals surface area contributed by atoms with E-state index in [9.17, 15) is 13.2 Å². The zero-order chi connectivity index (χ0) is 21.8. The fraction of sp³-hybridized carbons (Fsp3) is 0.417. The number of aromatic nitrogens is 1. The van der Waals surface area contributed by atoms with Crippen LogP contribution in [0.25, 0.3) is 6.08 Å². The number of pyridine rings is 1. The van der Waals surface area contributed by atoms with E-state index in [1.807, 2.05) is 24.3 Å². The Labute approximate surface area is 182 Å². The molecule has 2 fully saturated rings. The maximum Gasteiger partial charge on any atom is 0.380 e. The van der Waals surface area contributed by atoms with Crippen molar-refractivity contribution in [2.24, 2.45) is 22.4 Å². The first-order valence-corrected chi connectivity index (χ1v) is 12.2. The number of ketones is 1. The van der Waals surface area contributed by atoms with Gasteiger partial charge >= 0.3 is 10.3 Å². The van der Waals surface area contributed by atoms with E-state index in [1.54, 1.807) is 24.5 Å². The van der Waals surface area contributed by atoms with Crippen LogP contribution in [-0.2, 0) is 21.5 Å². The molecule has 31 heavy (non-hydrogen) atoms. The van der Waals surface area contributed by atoms with Crippen LogP contribution in [0.4, 0.5) is 0 Å². The molecule has 0 aliphatic heterocycles. The molecular weight excluding hydrogens is 412 g/mol. The number of nitrogens with two attached hydrogens (primary N) is 1. The number of carbonyl (C=O) groups excluding carboxylic acids is 1. The highest BCUT2D eigenvalue weighted by Crippen LogP contribution is 2.60. The van der Waals surface area contributed by atoms with E-state index in [0.29, 0.717) is 23.5 Å². The molecule has 0 bridgehead atoms. The van der Waals surface area contributed by atoms with Gasteiger partial charge in [0.25, 0.3) is 0 Å². The van der Waals surface area contributed by atoms with Crippen LogP contribution in [0, 0.1) is 17.3 Å². The molecule has 0 saturated heterocycles. The average Bonchev–Trinajstić information content (AvgIpc) is 2.98. The van der Waals surface area contributed by atoms with Crippen LogP contribution in [0.3, 0.4) is 0 Å². The van der Waals surface area contributed by atoms with Gasteiger partial charge in [-0.2, -0.15) is 13.6 Å². The number of aryl methyl sites for hydroxylation is 1. The molecule has 2 N–H and O–H groups in total. The summed E-state index contributed by atoms with van der Waals surface area (Å²) >= 11 is 0. The topological polar surface area (TPSA) is 99.3 Å². The molecule has 7 heteroatoms. The maximum absolute atomic E-state index is 13.4. The first-order valence-electron chi connectivity index (χ1n) is 10.7. The largest absolute Gasteiger partial charge is 0.380 e. The first kappa shape index (κ1) is 20.4. The number of allylic oxidation sites excluding steroid dienone is 1. The Morgan fingerprint density at radius 2 is 1.97 bits per heavy atom. The molecule has 0 radical (unpaired) electrons. The normalized spacial score (nSPS) is 31.1. The number of nitrogens with zero attached hydrogens (tertiary/aromatic N) is 1. The Hall–Kier alpha value is -2.51. The molecular formula is C24H26N2O4S. The highest BCUT2D eigenvalue weighted by Gasteiger charge is 2.56. The minimum absolute atomic E-state index is 0.263. The Balaban J connectivity index is 1.44. The number of hydrogen-bond donors (Lipinski definition) is 1. The second-order valence-electron chi connectivity index (χ2n) is 9.29. The number of Topliss-reactive ketones (excluding diaryl/α,β-unsaturated/α-hetero) is 1. The molecule has 3 aliphatic rings. The zero-order valence-electron chi connectivity index (χ0n) is 17.5. The summed E-state index contributed by atoms with van der Waals surface area (Å²) in [5.74, 6) is 1.73. The van der Waals surface area contributed by atoms with Crippen LogP contribution < -0.4 is 9.32 Å². The van der Waals surface area contributed by atoms with Gasteiger partial charge in [0.05, 0.1) is 0 Å². The predicted molar refractivity (Wildman–Crippen MR) is 117 cm³/mol. The van der Waals surface area contributed by atoms with Gasteiger partial charge in [-0.25, -0.2) is 0 Å². The standard InChI is InChI=1S/C24H26N2O4S/c1-24-9-6-20-19-5-3-18(30-31(25,28)29)13-16(19)2-4-21(20)22(24)14-17(23(24)27)12-15-7-10-26-11-8-15/h3,5,7-8,10-13,20-22H,2,4,6,9,14H2,1H3,(H2,25,28,29)/b17-12+. The highest BCUT2D eigenvalue weighted by molar-refractivity contribution is 7.84. The Morgan fingerprint density at radius 1 is 1.19 bits per heavy atom. The molecule has 2 saturated carbocycles. The molecule has 0 spiro atoms. The Kier molecular flexibility index (Phi) is 4.79. The van der Waals surface area contributed by atoms with Gasteiger partial charge in [-0.05, 0) is 102 Å². The minimum atomic E-state index is -4.03. The Morgan fingerprint density at radius 3 is 2.71 bits per heavy atom. The van der Waals surface area contributed by atoms with Gasteiger partial charge in [-0.15, -0.1) is 0 Å². The molecule has 1 aromatic carbocycles. The van der Waals surface area contributed by atoms with E-state index in [0.717, 1.165) is 48.8 Å². The first-order chi connectivity index (χ1) is 14.7. The fourth-order valence-electron chi connectivity index (χ4n) is 6.20. The van der Waals surface area contributed by atoms with Crippen molar-refractivity contribution in [3.63, 3.8) is 0 Å². The number of benzene rings is 1. The summed E-state index contributed by atoms with van der Waals surface area (Å²) in [5.41, 5.74) is 4.05. The monoisotopic (exact) mass is 438 g/mol. The Bertz CT molecular complexity index is 1180. The van der Waals surface area contributed by atoms with Gasteiger partial charge in [0.1, 0.15) is 5.75 Å². The van der Waals surface area contributed by atoms with Crippen LogP contribution in [0.2, 0.25) is 0 Å². The number of fused-ring (bicyclic) bond motifs is 5. The SMILES string of the molecule is CC12CCC3c4ccc(OS(N)(=O)=O)cc4CCC3C1C/C(=C\c1ccncc1)C2=O. The number of rotatable bonds is 3. The molecule has 4 unspecified atom stereocenters. The minimum Gasteiger partial charge on any atom is -0.371 e. The molecule has 0 amide bonds. The molecule has 1 heterocycles. The van der Waals surface area contributed by atoms with E-state index < -0.39 is 10.3 Å². The van der Waals surface area contributed by atoms with Crippen molar-refractivity contribution in [1.82, 2.24) is 4.98 Å². The summed E-state index contributed by atoms with van der Waals surface area (Å²) in [6, 6.07) is 9.35.